The first-order valence-electron chi connectivity index (χ1n) is 13.8. The molecule has 4 aromatic rings. The lowest BCUT2D eigenvalue weighted by Crippen LogP contribution is -2.46. The van der Waals surface area contributed by atoms with Gasteiger partial charge in [-0.25, -0.2) is 0 Å². The number of para-hydroxylation sites is 1. The molecule has 1 N–H and O–H groups in total. The summed E-state index contributed by atoms with van der Waals surface area (Å²) in [6.07, 6.45) is 2.76. The molecule has 0 unspecified atom stereocenters. The summed E-state index contributed by atoms with van der Waals surface area (Å²) in [6.45, 7) is 13.6. The first-order valence-corrected chi connectivity index (χ1v) is 13.8. The van der Waals surface area contributed by atoms with Crippen molar-refractivity contribution in [2.45, 2.75) is 66.0 Å². The van der Waals surface area contributed by atoms with Crippen molar-refractivity contribution in [1.29, 1.82) is 0 Å². The number of benzene rings is 3. The molecule has 1 aromatic heterocycles. The van der Waals surface area contributed by atoms with Gasteiger partial charge in [0.1, 0.15) is 6.54 Å². The Bertz CT molecular complexity index is 1410. The SMILES string of the molecule is Cc1ccc(CN(CCc2c[nH]c3ccccc23)C(=O)CN(C(=O)c2ccc(C(C)(C)C)cc2)C(C)C)cc1. The normalized spacial score (nSPS) is 11.7. The van der Waals surface area contributed by atoms with Crippen LogP contribution in [-0.4, -0.2) is 45.7 Å². The van der Waals surface area contributed by atoms with Gasteiger partial charge in [0.2, 0.25) is 5.91 Å². The van der Waals surface area contributed by atoms with Crippen LogP contribution in [0.25, 0.3) is 10.9 Å². The Morgan fingerprint density at radius 2 is 1.56 bits per heavy atom. The van der Waals surface area contributed by atoms with E-state index in [2.05, 4.69) is 69.1 Å². The van der Waals surface area contributed by atoms with Crippen LogP contribution in [0.5, 0.6) is 0 Å². The molecule has 0 saturated heterocycles. The summed E-state index contributed by atoms with van der Waals surface area (Å²) in [4.78, 5) is 34.2. The second kappa shape index (κ2) is 11.9. The van der Waals surface area contributed by atoms with Crippen molar-refractivity contribution >= 4 is 22.7 Å². The summed E-state index contributed by atoms with van der Waals surface area (Å²) in [5.41, 5.74) is 6.33. The Kier molecular flexibility index (Phi) is 8.59. The van der Waals surface area contributed by atoms with Crippen LogP contribution in [0.4, 0.5) is 0 Å². The number of aromatic amines is 1. The van der Waals surface area contributed by atoms with E-state index >= 15 is 0 Å². The maximum atomic E-state index is 13.8. The predicted octanol–water partition coefficient (Wildman–Crippen LogP) is 6.90. The van der Waals surface area contributed by atoms with Gasteiger partial charge in [0.25, 0.3) is 5.91 Å². The molecule has 0 saturated carbocycles. The molecule has 4 rings (SSSR count). The molecular weight excluding hydrogens is 482 g/mol. The monoisotopic (exact) mass is 523 g/mol. The number of nitrogens with zero attached hydrogens (tertiary/aromatic N) is 2. The molecule has 5 nitrogen and oxygen atoms in total. The number of amides is 2. The molecule has 0 radical (unpaired) electrons. The third-order valence-corrected chi connectivity index (χ3v) is 7.36. The Hall–Kier alpha value is -3.86. The second-order valence-electron chi connectivity index (χ2n) is 11.8. The highest BCUT2D eigenvalue weighted by Crippen LogP contribution is 2.23. The van der Waals surface area contributed by atoms with Gasteiger partial charge in [0, 0.05) is 41.8 Å². The molecular formula is C34H41N3O2. The van der Waals surface area contributed by atoms with Gasteiger partial charge >= 0.3 is 0 Å². The van der Waals surface area contributed by atoms with Crippen LogP contribution in [0.1, 0.15) is 67.2 Å². The number of nitrogens with one attached hydrogen (secondary N) is 1. The number of hydrogen-bond acceptors (Lipinski definition) is 2. The summed E-state index contributed by atoms with van der Waals surface area (Å²) in [5, 5.41) is 1.18. The second-order valence-corrected chi connectivity index (χ2v) is 11.8. The topological polar surface area (TPSA) is 56.4 Å². The van der Waals surface area contributed by atoms with Gasteiger partial charge in [-0.05, 0) is 67.5 Å². The highest BCUT2D eigenvalue weighted by molar-refractivity contribution is 5.96. The minimum atomic E-state index is -0.120. The lowest BCUT2D eigenvalue weighted by molar-refractivity contribution is -0.132. The lowest BCUT2D eigenvalue weighted by atomic mass is 9.86. The number of carbonyl (C=O) groups is 2. The Labute approximate surface area is 232 Å². The Balaban J connectivity index is 1.54. The van der Waals surface area contributed by atoms with Gasteiger partial charge in [-0.2, -0.15) is 0 Å². The molecule has 0 bridgehead atoms. The standard InChI is InChI=1S/C34H41N3O2/c1-24(2)37(33(39)27-15-17-29(18-16-27)34(4,5)6)23-32(38)36(22-26-13-11-25(3)12-14-26)20-19-28-21-35-31-10-8-7-9-30(28)31/h7-18,21,24,35H,19-20,22-23H2,1-6H3. The van der Waals surface area contributed by atoms with Gasteiger partial charge in [0.05, 0.1) is 0 Å². The molecule has 3 aromatic carbocycles. The molecule has 39 heavy (non-hydrogen) atoms. The molecule has 0 aliphatic rings. The minimum Gasteiger partial charge on any atom is -0.361 e. The van der Waals surface area contributed by atoms with Crippen molar-refractivity contribution in [3.05, 3.63) is 107 Å². The van der Waals surface area contributed by atoms with E-state index in [-0.39, 0.29) is 29.8 Å². The third kappa shape index (κ3) is 6.97. The fourth-order valence-electron chi connectivity index (χ4n) is 4.81. The van der Waals surface area contributed by atoms with Crippen molar-refractivity contribution in [3.63, 3.8) is 0 Å². The van der Waals surface area contributed by atoms with E-state index in [4.69, 9.17) is 0 Å². The van der Waals surface area contributed by atoms with E-state index in [0.29, 0.717) is 18.7 Å². The summed E-state index contributed by atoms with van der Waals surface area (Å²) in [6, 6.07) is 24.2. The number of carbonyl (C=O) groups excluding carboxylic acids is 2. The molecule has 5 heteroatoms. The lowest BCUT2D eigenvalue weighted by Gasteiger charge is -2.30. The van der Waals surface area contributed by atoms with Crippen LogP contribution in [0.3, 0.4) is 0 Å². The van der Waals surface area contributed by atoms with E-state index in [1.807, 2.05) is 61.3 Å². The third-order valence-electron chi connectivity index (χ3n) is 7.36. The first-order chi connectivity index (χ1) is 18.5. The molecule has 0 aliphatic heterocycles. The van der Waals surface area contributed by atoms with Crippen LogP contribution >= 0.6 is 0 Å². The van der Waals surface area contributed by atoms with Crippen molar-refractivity contribution in [2.24, 2.45) is 0 Å². The van der Waals surface area contributed by atoms with Crippen molar-refractivity contribution in [3.8, 4) is 0 Å². The van der Waals surface area contributed by atoms with Crippen LogP contribution in [0, 0.1) is 6.92 Å². The first kappa shape index (κ1) is 28.2. The largest absolute Gasteiger partial charge is 0.361 e. The maximum absolute atomic E-state index is 13.8. The van der Waals surface area contributed by atoms with Gasteiger partial charge in [-0.3, -0.25) is 9.59 Å². The van der Waals surface area contributed by atoms with Gasteiger partial charge < -0.3 is 14.8 Å². The zero-order valence-electron chi connectivity index (χ0n) is 24.1. The van der Waals surface area contributed by atoms with E-state index in [9.17, 15) is 9.59 Å². The smallest absolute Gasteiger partial charge is 0.254 e. The number of aromatic nitrogens is 1. The van der Waals surface area contributed by atoms with E-state index in [1.165, 1.54) is 22.1 Å². The van der Waals surface area contributed by atoms with Crippen LogP contribution < -0.4 is 0 Å². The molecule has 204 valence electrons. The van der Waals surface area contributed by atoms with Crippen LogP contribution in [0.2, 0.25) is 0 Å². The quantitative estimate of drug-likeness (QED) is 0.260. The average molecular weight is 524 g/mol. The van der Waals surface area contributed by atoms with Crippen LogP contribution in [0.15, 0.2) is 79.0 Å². The zero-order valence-corrected chi connectivity index (χ0v) is 24.1. The van der Waals surface area contributed by atoms with Crippen molar-refractivity contribution in [1.82, 2.24) is 14.8 Å². The number of fused-ring (bicyclic) bond motifs is 1. The van der Waals surface area contributed by atoms with Gasteiger partial charge in [-0.15, -0.1) is 0 Å². The van der Waals surface area contributed by atoms with Crippen molar-refractivity contribution < 1.29 is 9.59 Å². The molecule has 0 spiro atoms. The molecule has 0 atom stereocenters. The van der Waals surface area contributed by atoms with E-state index in [0.717, 1.165) is 17.5 Å². The van der Waals surface area contributed by atoms with Crippen LogP contribution in [-0.2, 0) is 23.2 Å². The fourth-order valence-corrected chi connectivity index (χ4v) is 4.81. The summed E-state index contributed by atoms with van der Waals surface area (Å²) in [7, 11) is 0. The van der Waals surface area contributed by atoms with E-state index in [1.54, 1.807) is 4.90 Å². The minimum absolute atomic E-state index is 0.0105. The Morgan fingerprint density at radius 3 is 2.21 bits per heavy atom. The summed E-state index contributed by atoms with van der Waals surface area (Å²) >= 11 is 0. The van der Waals surface area contributed by atoms with Gasteiger partial charge in [-0.1, -0.05) is 80.9 Å². The van der Waals surface area contributed by atoms with E-state index < -0.39 is 0 Å². The number of aryl methyl sites for hydroxylation is 1. The highest BCUT2D eigenvalue weighted by atomic mass is 16.2. The summed E-state index contributed by atoms with van der Waals surface area (Å²) in [5.74, 6) is -0.172. The highest BCUT2D eigenvalue weighted by Gasteiger charge is 2.25. The fraction of sp³-hybridized carbons (Fsp3) is 0.353. The van der Waals surface area contributed by atoms with Crippen molar-refractivity contribution in [2.75, 3.05) is 13.1 Å². The maximum Gasteiger partial charge on any atom is 0.254 e. The molecule has 0 fully saturated rings. The predicted molar refractivity (Wildman–Crippen MR) is 160 cm³/mol. The van der Waals surface area contributed by atoms with Gasteiger partial charge in [0.15, 0.2) is 0 Å². The number of rotatable bonds is 9. The molecule has 0 aliphatic carbocycles. The number of H-pyrrole nitrogens is 1. The zero-order chi connectivity index (χ0) is 28.2. The molecule has 2 amide bonds. The average Bonchev–Trinajstić information content (AvgIpc) is 3.32. The number of hydrogen-bond donors (Lipinski definition) is 1. The summed E-state index contributed by atoms with van der Waals surface area (Å²) < 4.78 is 0. The molecule has 1 heterocycles. The Morgan fingerprint density at radius 1 is 0.897 bits per heavy atom.